The zero-order valence-electron chi connectivity index (χ0n) is 16.0. The molecular formula is C20H25ClN4O2. The van der Waals surface area contributed by atoms with E-state index in [1.807, 2.05) is 43.9 Å². The van der Waals surface area contributed by atoms with Gasteiger partial charge < -0.3 is 14.5 Å². The van der Waals surface area contributed by atoms with Gasteiger partial charge in [-0.15, -0.1) is 0 Å². The van der Waals surface area contributed by atoms with E-state index in [4.69, 9.17) is 21.3 Å². The molecule has 1 saturated heterocycles. The first-order valence-corrected chi connectivity index (χ1v) is 9.87. The number of carbonyl (C=O) groups excluding carboxylic acids is 1. The lowest BCUT2D eigenvalue weighted by atomic mass is 10.2. The highest BCUT2D eigenvalue weighted by molar-refractivity contribution is 6.29. The average molecular weight is 389 g/mol. The number of aromatic nitrogens is 2. The number of halogens is 1. The summed E-state index contributed by atoms with van der Waals surface area (Å²) in [5, 5.41) is 0.468. The number of hydrogen-bond donors (Lipinski definition) is 0. The van der Waals surface area contributed by atoms with E-state index < -0.39 is 5.60 Å². The van der Waals surface area contributed by atoms with Gasteiger partial charge in [0, 0.05) is 19.1 Å². The van der Waals surface area contributed by atoms with Crippen LogP contribution in [0.4, 0.5) is 10.6 Å². The van der Waals surface area contributed by atoms with Gasteiger partial charge in [-0.1, -0.05) is 11.6 Å². The van der Waals surface area contributed by atoms with Gasteiger partial charge in [0.05, 0.1) is 17.1 Å². The summed E-state index contributed by atoms with van der Waals surface area (Å²) in [5.74, 6) is 0.911. The van der Waals surface area contributed by atoms with Crippen molar-refractivity contribution in [3.8, 4) is 0 Å². The van der Waals surface area contributed by atoms with Crippen molar-refractivity contribution in [2.45, 2.75) is 57.7 Å². The fourth-order valence-electron chi connectivity index (χ4n) is 3.59. The number of carbonyl (C=O) groups is 1. The lowest BCUT2D eigenvalue weighted by Crippen LogP contribution is -2.46. The first-order chi connectivity index (χ1) is 12.8. The summed E-state index contributed by atoms with van der Waals surface area (Å²) in [7, 11) is 0. The van der Waals surface area contributed by atoms with E-state index in [-0.39, 0.29) is 12.1 Å². The molecule has 4 rings (SSSR count). The van der Waals surface area contributed by atoms with Gasteiger partial charge in [-0.3, -0.25) is 0 Å². The monoisotopic (exact) mass is 388 g/mol. The Morgan fingerprint density at radius 3 is 2.52 bits per heavy atom. The summed E-state index contributed by atoms with van der Waals surface area (Å²) in [4.78, 5) is 25.9. The highest BCUT2D eigenvalue weighted by Gasteiger charge is 2.42. The van der Waals surface area contributed by atoms with Crippen LogP contribution in [0, 0.1) is 0 Å². The molecular weight excluding hydrogens is 364 g/mol. The van der Waals surface area contributed by atoms with Crippen LogP contribution in [0.1, 0.15) is 40.0 Å². The molecule has 1 atom stereocenters. The molecule has 2 aromatic rings. The lowest BCUT2D eigenvalue weighted by molar-refractivity contribution is 0.0158. The minimum Gasteiger partial charge on any atom is -0.444 e. The Bertz CT molecular complexity index is 863. The van der Waals surface area contributed by atoms with Gasteiger partial charge in [0.15, 0.2) is 0 Å². The molecule has 1 aliphatic heterocycles. The first kappa shape index (κ1) is 18.3. The zero-order valence-corrected chi connectivity index (χ0v) is 16.7. The Labute approximate surface area is 164 Å². The molecule has 2 aliphatic rings. The van der Waals surface area contributed by atoms with Crippen molar-refractivity contribution < 1.29 is 9.53 Å². The molecule has 1 aliphatic carbocycles. The minimum absolute atomic E-state index is 0.160. The van der Waals surface area contributed by atoms with E-state index in [0.717, 1.165) is 49.2 Å². The van der Waals surface area contributed by atoms with Crippen molar-refractivity contribution in [3.63, 3.8) is 0 Å². The summed E-state index contributed by atoms with van der Waals surface area (Å²) >= 11 is 5.95. The third kappa shape index (κ3) is 4.10. The quantitative estimate of drug-likeness (QED) is 0.735. The summed E-state index contributed by atoms with van der Waals surface area (Å²) in [6.07, 6.45) is 2.86. The molecule has 27 heavy (non-hydrogen) atoms. The molecule has 0 spiro atoms. The molecule has 2 aromatic heterocycles. The topological polar surface area (TPSA) is 58.6 Å². The maximum Gasteiger partial charge on any atom is 0.410 e. The Morgan fingerprint density at radius 2 is 1.81 bits per heavy atom. The van der Waals surface area contributed by atoms with Crippen molar-refractivity contribution in [1.29, 1.82) is 0 Å². The van der Waals surface area contributed by atoms with Crippen LogP contribution in [-0.4, -0.2) is 51.7 Å². The molecule has 0 bridgehead atoms. The van der Waals surface area contributed by atoms with Gasteiger partial charge in [-0.05, 0) is 64.3 Å². The van der Waals surface area contributed by atoms with Crippen LogP contribution in [0.15, 0.2) is 24.3 Å². The molecule has 6 nitrogen and oxygen atoms in total. The van der Waals surface area contributed by atoms with E-state index in [1.54, 1.807) is 6.07 Å². The Morgan fingerprint density at radius 1 is 1.11 bits per heavy atom. The van der Waals surface area contributed by atoms with E-state index >= 15 is 0 Å². The summed E-state index contributed by atoms with van der Waals surface area (Å²) in [6.45, 7) is 7.38. The van der Waals surface area contributed by atoms with Crippen molar-refractivity contribution >= 4 is 34.5 Å². The minimum atomic E-state index is -0.476. The van der Waals surface area contributed by atoms with Gasteiger partial charge in [0.25, 0.3) is 0 Å². The molecule has 1 saturated carbocycles. The number of anilines is 1. The Hall–Kier alpha value is -2.08. The molecule has 0 radical (unpaired) electrons. The highest BCUT2D eigenvalue weighted by Crippen LogP contribution is 2.34. The van der Waals surface area contributed by atoms with E-state index in [1.165, 1.54) is 0 Å². The fourth-order valence-corrected chi connectivity index (χ4v) is 3.74. The van der Waals surface area contributed by atoms with Gasteiger partial charge in [-0.25, -0.2) is 14.8 Å². The standard InChI is InChI=1S/C20H25ClN4O2/c1-20(2,3)27-19(26)25(13-4-5-13)14-10-11-24(12-14)18-9-7-15-16(23-18)6-8-17(21)22-15/h6-9,13-14H,4-5,10-12H2,1-3H3. The summed E-state index contributed by atoms with van der Waals surface area (Å²) in [6, 6.07) is 8.05. The van der Waals surface area contributed by atoms with Crippen LogP contribution in [0.2, 0.25) is 5.15 Å². The SMILES string of the molecule is CC(C)(C)OC(=O)N(C1CC1)C1CCN(c2ccc3nc(Cl)ccc3n2)C1. The predicted octanol–water partition coefficient (Wildman–Crippen LogP) is 4.26. The molecule has 144 valence electrons. The van der Waals surface area contributed by atoms with Crippen molar-refractivity contribution in [2.24, 2.45) is 0 Å². The number of nitrogens with zero attached hydrogens (tertiary/aromatic N) is 4. The first-order valence-electron chi connectivity index (χ1n) is 9.50. The summed E-state index contributed by atoms with van der Waals surface area (Å²) < 4.78 is 5.66. The second kappa shape index (κ2) is 6.82. The Balaban J connectivity index is 1.50. The number of pyridine rings is 2. The van der Waals surface area contributed by atoms with Crippen molar-refractivity contribution in [3.05, 3.63) is 29.4 Å². The summed E-state index contributed by atoms with van der Waals surface area (Å²) in [5.41, 5.74) is 1.14. The maximum absolute atomic E-state index is 12.7. The normalized spacial score (nSPS) is 20.1. The molecule has 1 unspecified atom stereocenters. The van der Waals surface area contributed by atoms with Crippen LogP contribution >= 0.6 is 11.6 Å². The number of ether oxygens (including phenoxy) is 1. The third-order valence-electron chi connectivity index (χ3n) is 4.92. The van der Waals surface area contributed by atoms with Crippen LogP contribution < -0.4 is 4.90 Å². The van der Waals surface area contributed by atoms with Gasteiger partial charge in [-0.2, -0.15) is 0 Å². The molecule has 7 heteroatoms. The maximum atomic E-state index is 12.7. The van der Waals surface area contributed by atoms with E-state index in [2.05, 4.69) is 9.88 Å². The molecule has 3 heterocycles. The van der Waals surface area contributed by atoms with Gasteiger partial charge >= 0.3 is 6.09 Å². The molecule has 2 fully saturated rings. The number of amides is 1. The highest BCUT2D eigenvalue weighted by atomic mass is 35.5. The van der Waals surface area contributed by atoms with Crippen molar-refractivity contribution in [1.82, 2.24) is 14.9 Å². The van der Waals surface area contributed by atoms with E-state index in [9.17, 15) is 4.79 Å². The lowest BCUT2D eigenvalue weighted by Gasteiger charge is -2.31. The second-order valence-corrected chi connectivity index (χ2v) is 8.74. The van der Waals surface area contributed by atoms with Crippen LogP contribution in [-0.2, 0) is 4.74 Å². The molecule has 0 aromatic carbocycles. The zero-order chi connectivity index (χ0) is 19.2. The fraction of sp³-hybridized carbons (Fsp3) is 0.550. The third-order valence-corrected chi connectivity index (χ3v) is 5.13. The van der Waals surface area contributed by atoms with E-state index in [0.29, 0.717) is 11.2 Å². The average Bonchev–Trinajstić information content (AvgIpc) is 3.29. The van der Waals surface area contributed by atoms with Gasteiger partial charge in [0.1, 0.15) is 16.6 Å². The van der Waals surface area contributed by atoms with Crippen LogP contribution in [0.25, 0.3) is 11.0 Å². The second-order valence-electron chi connectivity index (χ2n) is 8.35. The van der Waals surface area contributed by atoms with Crippen LogP contribution in [0.3, 0.4) is 0 Å². The largest absolute Gasteiger partial charge is 0.444 e. The number of fused-ring (bicyclic) bond motifs is 1. The van der Waals surface area contributed by atoms with Crippen LogP contribution in [0.5, 0.6) is 0 Å². The van der Waals surface area contributed by atoms with Gasteiger partial charge in [0.2, 0.25) is 0 Å². The predicted molar refractivity (Wildman–Crippen MR) is 106 cm³/mol. The number of rotatable bonds is 3. The Kier molecular flexibility index (Phi) is 4.62. The molecule has 1 amide bonds. The number of hydrogen-bond acceptors (Lipinski definition) is 5. The molecule has 0 N–H and O–H groups in total. The van der Waals surface area contributed by atoms with Crippen molar-refractivity contribution in [2.75, 3.05) is 18.0 Å². The smallest absolute Gasteiger partial charge is 0.410 e.